The number of rotatable bonds is 4. The number of hydrogen-bond donors (Lipinski definition) is 1. The van der Waals surface area contributed by atoms with E-state index in [9.17, 15) is 26.3 Å². The lowest BCUT2D eigenvalue weighted by Gasteiger charge is -2.17. The van der Waals surface area contributed by atoms with Gasteiger partial charge in [0.1, 0.15) is 0 Å². The molecule has 120 valence electrons. The predicted molar refractivity (Wildman–Crippen MR) is 64.0 cm³/mol. The summed E-state index contributed by atoms with van der Waals surface area (Å²) in [5, 5.41) is 2.72. The van der Waals surface area contributed by atoms with Crippen LogP contribution in [0.5, 0.6) is 0 Å². The fourth-order valence-corrected chi connectivity index (χ4v) is 2.71. The first kappa shape index (κ1) is 16.3. The molecule has 0 radical (unpaired) electrons. The van der Waals surface area contributed by atoms with Gasteiger partial charge in [-0.1, -0.05) is 0 Å². The number of aromatic nitrogens is 2. The van der Waals surface area contributed by atoms with Crippen LogP contribution >= 0.6 is 11.5 Å². The summed E-state index contributed by atoms with van der Waals surface area (Å²) in [5.41, 5.74) is 0. The second kappa shape index (κ2) is 5.95. The third-order valence-electron chi connectivity index (χ3n) is 2.99. The van der Waals surface area contributed by atoms with Crippen LogP contribution in [0.1, 0.15) is 12.2 Å². The average Bonchev–Trinajstić information content (AvgIpc) is 2.91. The predicted octanol–water partition coefficient (Wildman–Crippen LogP) is 2.85. The lowest BCUT2D eigenvalue weighted by atomic mass is 10.1. The van der Waals surface area contributed by atoms with Gasteiger partial charge in [0.15, 0.2) is 0 Å². The summed E-state index contributed by atoms with van der Waals surface area (Å²) in [6.45, 7) is -0.0887. The first-order valence-electron chi connectivity index (χ1n) is 6.07. The van der Waals surface area contributed by atoms with Crippen LogP contribution in [0.2, 0.25) is 0 Å². The smallest absolute Gasteiger partial charge is 0.360 e. The summed E-state index contributed by atoms with van der Waals surface area (Å²) in [6, 6.07) is 0. The molecule has 1 unspecified atom stereocenters. The van der Waals surface area contributed by atoms with Crippen molar-refractivity contribution in [3.63, 3.8) is 0 Å². The van der Waals surface area contributed by atoms with Crippen molar-refractivity contribution >= 4 is 16.7 Å². The second-order valence-corrected chi connectivity index (χ2v) is 5.56. The molecule has 0 aliphatic carbocycles. The zero-order valence-electron chi connectivity index (χ0n) is 10.6. The Morgan fingerprint density at radius 1 is 1.24 bits per heavy atom. The van der Waals surface area contributed by atoms with E-state index in [1.807, 2.05) is 0 Å². The van der Waals surface area contributed by atoms with Crippen LogP contribution in [-0.2, 0) is 6.18 Å². The van der Waals surface area contributed by atoms with Gasteiger partial charge in [0.05, 0.1) is 6.54 Å². The van der Waals surface area contributed by atoms with Gasteiger partial charge in [0.2, 0.25) is 11.0 Å². The molecule has 4 nitrogen and oxygen atoms in total. The number of hydrogen-bond acceptors (Lipinski definition) is 5. The van der Waals surface area contributed by atoms with Crippen molar-refractivity contribution in [1.29, 1.82) is 0 Å². The van der Waals surface area contributed by atoms with Crippen molar-refractivity contribution in [3.05, 3.63) is 5.82 Å². The van der Waals surface area contributed by atoms with E-state index >= 15 is 0 Å². The van der Waals surface area contributed by atoms with Crippen molar-refractivity contribution < 1.29 is 26.3 Å². The molecule has 2 heterocycles. The molecule has 0 saturated carbocycles. The van der Waals surface area contributed by atoms with Gasteiger partial charge in [-0.3, -0.25) is 4.90 Å². The molecule has 2 rings (SSSR count). The quantitative estimate of drug-likeness (QED) is 0.860. The lowest BCUT2D eigenvalue weighted by Crippen LogP contribution is -2.33. The Morgan fingerprint density at radius 2 is 1.95 bits per heavy atom. The first-order valence-corrected chi connectivity index (χ1v) is 6.85. The van der Waals surface area contributed by atoms with E-state index in [-0.39, 0.29) is 24.1 Å². The Kier molecular flexibility index (Phi) is 4.61. The minimum Gasteiger partial charge on any atom is -0.360 e. The Hall–Kier alpha value is -1.10. The molecule has 1 N–H and O–H groups in total. The minimum atomic E-state index is -4.59. The van der Waals surface area contributed by atoms with Gasteiger partial charge in [0.25, 0.3) is 0 Å². The summed E-state index contributed by atoms with van der Waals surface area (Å²) >= 11 is 0.585. The minimum absolute atomic E-state index is 0.0246. The van der Waals surface area contributed by atoms with E-state index in [1.54, 1.807) is 0 Å². The summed E-state index contributed by atoms with van der Waals surface area (Å²) in [5.74, 6) is -1.26. The van der Waals surface area contributed by atoms with Gasteiger partial charge in [-0.05, 0) is 18.9 Å². The molecule has 1 atom stereocenters. The SMILES string of the molecule is FC(F)(F)CN1CCC(CNc2nc(C(F)(F)F)ns2)C1. The van der Waals surface area contributed by atoms with Crippen LogP contribution in [-0.4, -0.2) is 46.6 Å². The molecule has 0 amide bonds. The van der Waals surface area contributed by atoms with Crippen LogP contribution < -0.4 is 5.32 Å². The zero-order valence-corrected chi connectivity index (χ0v) is 11.4. The van der Waals surface area contributed by atoms with E-state index in [0.29, 0.717) is 24.5 Å². The molecule has 1 aromatic heterocycles. The van der Waals surface area contributed by atoms with Crippen LogP contribution in [0.4, 0.5) is 31.5 Å². The van der Waals surface area contributed by atoms with Gasteiger partial charge in [0, 0.05) is 24.6 Å². The van der Waals surface area contributed by atoms with E-state index in [0.717, 1.165) is 0 Å². The molecule has 1 aromatic rings. The fourth-order valence-electron chi connectivity index (χ4n) is 2.12. The number of halogens is 6. The molecule has 21 heavy (non-hydrogen) atoms. The van der Waals surface area contributed by atoms with Crippen molar-refractivity contribution in [2.24, 2.45) is 5.92 Å². The zero-order chi connectivity index (χ0) is 15.7. The van der Waals surface area contributed by atoms with Crippen molar-refractivity contribution in [1.82, 2.24) is 14.3 Å². The fraction of sp³-hybridized carbons (Fsp3) is 0.800. The molecule has 1 aliphatic rings. The van der Waals surface area contributed by atoms with Crippen LogP contribution in [0, 0.1) is 5.92 Å². The monoisotopic (exact) mass is 334 g/mol. The number of anilines is 1. The normalized spacial score (nSPS) is 21.0. The second-order valence-electron chi connectivity index (χ2n) is 4.81. The molecule has 1 saturated heterocycles. The number of nitrogens with zero attached hydrogens (tertiary/aromatic N) is 3. The topological polar surface area (TPSA) is 41.0 Å². The van der Waals surface area contributed by atoms with Crippen LogP contribution in [0.25, 0.3) is 0 Å². The van der Waals surface area contributed by atoms with Crippen molar-refractivity contribution in [2.45, 2.75) is 18.8 Å². The van der Waals surface area contributed by atoms with E-state index in [1.165, 1.54) is 4.90 Å². The van der Waals surface area contributed by atoms with Crippen LogP contribution in [0.3, 0.4) is 0 Å². The Morgan fingerprint density at radius 3 is 2.52 bits per heavy atom. The maximum Gasteiger partial charge on any atom is 0.452 e. The third-order valence-corrected chi connectivity index (χ3v) is 3.67. The number of alkyl halides is 6. The molecule has 0 spiro atoms. The molecular formula is C10H12F6N4S. The Balaban J connectivity index is 1.78. The first-order chi connectivity index (χ1) is 9.63. The van der Waals surface area contributed by atoms with E-state index in [2.05, 4.69) is 14.7 Å². The lowest BCUT2D eigenvalue weighted by molar-refractivity contribution is -0.144. The highest BCUT2D eigenvalue weighted by atomic mass is 32.1. The largest absolute Gasteiger partial charge is 0.452 e. The Bertz CT molecular complexity index is 471. The summed E-state index contributed by atoms with van der Waals surface area (Å²) < 4.78 is 76.7. The highest BCUT2D eigenvalue weighted by molar-refractivity contribution is 7.09. The maximum absolute atomic E-state index is 12.3. The van der Waals surface area contributed by atoms with E-state index < -0.39 is 24.7 Å². The van der Waals surface area contributed by atoms with Crippen molar-refractivity contribution in [2.75, 3.05) is 31.5 Å². The van der Waals surface area contributed by atoms with Gasteiger partial charge in [-0.2, -0.15) is 35.7 Å². The highest BCUT2D eigenvalue weighted by Crippen LogP contribution is 2.29. The molecule has 1 fully saturated rings. The number of likely N-dealkylation sites (tertiary alicyclic amines) is 1. The van der Waals surface area contributed by atoms with E-state index in [4.69, 9.17) is 0 Å². The van der Waals surface area contributed by atoms with Crippen LogP contribution in [0.15, 0.2) is 0 Å². The summed E-state index contributed by atoms with van der Waals surface area (Å²) in [7, 11) is 0. The molecule has 0 bridgehead atoms. The number of nitrogens with one attached hydrogen (secondary N) is 1. The van der Waals surface area contributed by atoms with Gasteiger partial charge in [-0.25, -0.2) is 0 Å². The third kappa shape index (κ3) is 4.99. The molecule has 1 aliphatic heterocycles. The molecular weight excluding hydrogens is 322 g/mol. The van der Waals surface area contributed by atoms with Gasteiger partial charge < -0.3 is 5.32 Å². The van der Waals surface area contributed by atoms with Crippen molar-refractivity contribution in [3.8, 4) is 0 Å². The molecule has 0 aromatic carbocycles. The molecule has 11 heteroatoms. The Labute approximate surface area is 120 Å². The summed E-state index contributed by atoms with van der Waals surface area (Å²) in [4.78, 5) is 4.58. The summed E-state index contributed by atoms with van der Waals surface area (Å²) in [6.07, 6.45) is -8.26. The van der Waals surface area contributed by atoms with Gasteiger partial charge >= 0.3 is 12.4 Å². The average molecular weight is 334 g/mol. The highest BCUT2D eigenvalue weighted by Gasteiger charge is 2.36. The maximum atomic E-state index is 12.3. The standard InChI is InChI=1S/C10H12F6N4S/c11-9(12,13)5-20-2-1-6(4-20)3-17-8-18-7(19-21-8)10(14,15)16/h6H,1-5H2,(H,17,18,19). The van der Waals surface area contributed by atoms with Gasteiger partial charge in [-0.15, -0.1) is 0 Å².